The van der Waals surface area contributed by atoms with Crippen molar-refractivity contribution >= 4 is 44.6 Å². The van der Waals surface area contributed by atoms with Crippen molar-refractivity contribution in [2.45, 2.75) is 110 Å². The summed E-state index contributed by atoms with van der Waals surface area (Å²) in [6, 6.07) is 55.5. The number of hydrogen-bond donors (Lipinski definition) is 0. The van der Waals surface area contributed by atoms with Crippen molar-refractivity contribution in [3.8, 4) is 34.5 Å². The van der Waals surface area contributed by atoms with Crippen molar-refractivity contribution in [2.24, 2.45) is 0 Å². The van der Waals surface area contributed by atoms with Crippen LogP contribution in [0, 0.1) is 11.3 Å². The fraction of sp³-hybridized carbons (Fsp3) is 0.273. The number of ether oxygens (including phenoxy) is 1. The Balaban J connectivity index is 1.17. The van der Waals surface area contributed by atoms with Crippen LogP contribution in [-0.2, 0) is 27.1 Å². The molecular weight excluding hydrogens is 879 g/mol. The minimum Gasteiger partial charge on any atom is -0.457 e. The lowest BCUT2D eigenvalue weighted by Crippen LogP contribution is -2.40. The first-order chi connectivity index (χ1) is 34.2. The second kappa shape index (κ2) is 15.4. The average Bonchev–Trinajstić information content (AvgIpc) is 3.99. The molecule has 12 rings (SSSR count). The molecule has 0 unspecified atom stereocenters. The Morgan fingerprint density at radius 3 is 1.75 bits per heavy atom. The van der Waals surface area contributed by atoms with Gasteiger partial charge in [0.15, 0.2) is 0 Å². The molecule has 6 heteroatoms. The Bertz CT molecular complexity index is 3670. The van der Waals surface area contributed by atoms with Crippen molar-refractivity contribution in [2.75, 3.05) is 16.5 Å². The number of hydrogen-bond acceptors (Lipinski definition) is 5. The molecule has 2 aliphatic heterocycles. The number of aromatic nitrogens is 2. The van der Waals surface area contributed by atoms with E-state index >= 15 is 0 Å². The zero-order valence-corrected chi connectivity index (χ0v) is 43.8. The summed E-state index contributed by atoms with van der Waals surface area (Å²) in [6.07, 6.45) is 1.85. The van der Waals surface area contributed by atoms with Crippen molar-refractivity contribution in [3.63, 3.8) is 0 Å². The van der Waals surface area contributed by atoms with Crippen LogP contribution in [-0.4, -0.2) is 16.2 Å². The quantitative estimate of drug-likeness (QED) is 0.176. The molecule has 0 saturated heterocycles. The maximum atomic E-state index is 9.84. The second-order valence-corrected chi connectivity index (χ2v) is 24.5. The molecule has 9 aromatic rings. The average molecular weight is 942 g/mol. The van der Waals surface area contributed by atoms with Crippen LogP contribution in [0.25, 0.3) is 38.8 Å². The van der Waals surface area contributed by atoms with Gasteiger partial charge in [-0.05, 0) is 144 Å². The van der Waals surface area contributed by atoms with E-state index in [1.165, 1.54) is 66.7 Å². The highest BCUT2D eigenvalue weighted by molar-refractivity contribution is 6.09. The van der Waals surface area contributed by atoms with Gasteiger partial charge in [0.2, 0.25) is 0 Å². The second-order valence-electron chi connectivity index (χ2n) is 24.5. The van der Waals surface area contributed by atoms with Crippen LogP contribution >= 0.6 is 0 Å². The maximum absolute atomic E-state index is 9.84. The van der Waals surface area contributed by atoms with E-state index in [1.807, 2.05) is 30.5 Å². The predicted molar refractivity (Wildman–Crippen MR) is 297 cm³/mol. The van der Waals surface area contributed by atoms with Gasteiger partial charge in [0.05, 0.1) is 45.1 Å². The monoisotopic (exact) mass is 942 g/mol. The molecule has 1 aliphatic carbocycles. The first kappa shape index (κ1) is 45.5. The molecule has 0 amide bonds. The number of anilines is 4. The molecule has 0 N–H and O–H groups in total. The van der Waals surface area contributed by atoms with Crippen molar-refractivity contribution in [3.05, 3.63) is 202 Å². The Labute approximate surface area is 425 Å². The maximum Gasteiger partial charge on any atom is 0.137 e. The number of nitriles is 1. The SMILES string of the molecule is CC(C)(C)c1cc2c(c(C(C)(C)C)c1)C1(c3ccc(Oc4ccc5c6ccccc6n(-c6ccccn6)c5c4)cc3N3CN(c4ccc(C#N)cc4)c4cccc1c43)c1c-2cc(C(C)(C)C)cc1C(C)(C)C. The van der Waals surface area contributed by atoms with Crippen molar-refractivity contribution in [1.29, 1.82) is 5.26 Å². The molecule has 3 aliphatic rings. The molecule has 0 fully saturated rings. The number of benzene rings is 7. The van der Waals surface area contributed by atoms with Crippen LogP contribution in [0.5, 0.6) is 11.5 Å². The summed E-state index contributed by atoms with van der Waals surface area (Å²) in [4.78, 5) is 9.74. The molecule has 0 bridgehead atoms. The summed E-state index contributed by atoms with van der Waals surface area (Å²) in [5.41, 5.74) is 19.4. The summed E-state index contributed by atoms with van der Waals surface area (Å²) >= 11 is 0. The van der Waals surface area contributed by atoms with E-state index in [-0.39, 0.29) is 21.7 Å². The van der Waals surface area contributed by atoms with E-state index in [2.05, 4.69) is 225 Å². The van der Waals surface area contributed by atoms with Gasteiger partial charge in [-0.25, -0.2) is 4.98 Å². The third-order valence-corrected chi connectivity index (χ3v) is 15.7. The van der Waals surface area contributed by atoms with Gasteiger partial charge in [0.25, 0.3) is 0 Å². The van der Waals surface area contributed by atoms with Gasteiger partial charge < -0.3 is 14.5 Å². The lowest BCUT2D eigenvalue weighted by Gasteiger charge is -2.46. The highest BCUT2D eigenvalue weighted by Crippen LogP contribution is 2.68. The molecule has 4 heterocycles. The van der Waals surface area contributed by atoms with Gasteiger partial charge in [-0.15, -0.1) is 0 Å². The lowest BCUT2D eigenvalue weighted by atomic mass is 9.59. The molecular formula is C66H63N5O. The topological polar surface area (TPSA) is 57.3 Å². The van der Waals surface area contributed by atoms with Crippen molar-refractivity contribution < 1.29 is 4.74 Å². The molecule has 1 spiro atoms. The Morgan fingerprint density at radius 2 is 1.14 bits per heavy atom. The standard InChI is InChI=1S/C66H63N5O/c1-62(2,3)41-32-48-49-33-42(63(4,5)6)35-53(65(10,11)12)60(49)66(59(48)52(34-41)64(7,8)9)50-30-28-45(37-57(50)70-39-69(43-25-23-40(38-67)24-26-43)55-21-17-19-51(66)61(55)70)72-44-27-29-47-46-18-13-14-20-54(46)71(56(47)36-44)58-22-15-16-31-68-58/h13-37H,39H2,1-12H3. The number of fused-ring (bicyclic) bond motifs is 12. The third kappa shape index (κ3) is 6.69. The predicted octanol–water partition coefficient (Wildman–Crippen LogP) is 17.0. The number of pyridine rings is 1. The van der Waals surface area contributed by atoms with Gasteiger partial charge >= 0.3 is 0 Å². The van der Waals surface area contributed by atoms with E-state index in [4.69, 9.17) is 9.72 Å². The molecule has 2 aromatic heterocycles. The van der Waals surface area contributed by atoms with Gasteiger partial charge in [0, 0.05) is 34.8 Å². The summed E-state index contributed by atoms with van der Waals surface area (Å²) in [5.74, 6) is 2.37. The van der Waals surface area contributed by atoms with E-state index in [1.54, 1.807) is 0 Å². The van der Waals surface area contributed by atoms with Crippen molar-refractivity contribution in [1.82, 2.24) is 9.55 Å². The van der Waals surface area contributed by atoms with Crippen LogP contribution in [0.2, 0.25) is 0 Å². The first-order valence-electron chi connectivity index (χ1n) is 25.5. The van der Waals surface area contributed by atoms with E-state index < -0.39 is 5.41 Å². The molecule has 358 valence electrons. The first-order valence-corrected chi connectivity index (χ1v) is 25.5. The fourth-order valence-electron chi connectivity index (χ4n) is 12.1. The van der Waals surface area contributed by atoms with E-state index in [9.17, 15) is 5.26 Å². The summed E-state index contributed by atoms with van der Waals surface area (Å²) in [7, 11) is 0. The van der Waals surface area contributed by atoms with Gasteiger partial charge in [-0.3, -0.25) is 4.57 Å². The van der Waals surface area contributed by atoms with Gasteiger partial charge in [-0.2, -0.15) is 5.26 Å². The minimum absolute atomic E-state index is 0.0858. The smallest absolute Gasteiger partial charge is 0.137 e. The summed E-state index contributed by atoms with van der Waals surface area (Å²) in [5, 5.41) is 12.2. The molecule has 0 radical (unpaired) electrons. The molecule has 6 nitrogen and oxygen atoms in total. The highest BCUT2D eigenvalue weighted by atomic mass is 16.5. The summed E-state index contributed by atoms with van der Waals surface area (Å²) < 4.78 is 9.36. The van der Waals surface area contributed by atoms with Crippen LogP contribution in [0.1, 0.15) is 133 Å². The lowest BCUT2D eigenvalue weighted by molar-refractivity contribution is 0.482. The van der Waals surface area contributed by atoms with Crippen LogP contribution in [0.15, 0.2) is 152 Å². The van der Waals surface area contributed by atoms with Gasteiger partial charge in [0.1, 0.15) is 24.0 Å². The molecule has 72 heavy (non-hydrogen) atoms. The molecule has 0 atom stereocenters. The van der Waals surface area contributed by atoms with Gasteiger partial charge in [-0.1, -0.05) is 150 Å². The third-order valence-electron chi connectivity index (χ3n) is 15.7. The van der Waals surface area contributed by atoms with Crippen LogP contribution in [0.3, 0.4) is 0 Å². The summed E-state index contributed by atoms with van der Waals surface area (Å²) in [6.45, 7) is 29.1. The highest BCUT2D eigenvalue weighted by Gasteiger charge is 2.57. The zero-order valence-electron chi connectivity index (χ0n) is 43.8. The molecule has 7 aromatic carbocycles. The van der Waals surface area contributed by atoms with E-state index in [0.29, 0.717) is 12.2 Å². The normalized spacial score (nSPS) is 14.7. The fourth-order valence-corrected chi connectivity index (χ4v) is 12.1. The Kier molecular flexibility index (Phi) is 9.76. The number of nitrogens with zero attached hydrogens (tertiary/aromatic N) is 5. The minimum atomic E-state index is -0.707. The largest absolute Gasteiger partial charge is 0.457 e. The van der Waals surface area contributed by atoms with Crippen LogP contribution < -0.4 is 14.5 Å². The van der Waals surface area contributed by atoms with E-state index in [0.717, 1.165) is 50.8 Å². The Morgan fingerprint density at radius 1 is 0.528 bits per heavy atom. The van der Waals surface area contributed by atoms with Crippen LogP contribution in [0.4, 0.5) is 22.7 Å². The number of para-hydroxylation sites is 2. The Hall–Kier alpha value is -7.62. The molecule has 0 saturated carbocycles. The zero-order chi connectivity index (χ0) is 50.4. The number of rotatable bonds is 4.